The number of ether oxygens (including phenoxy) is 1. The van der Waals surface area contributed by atoms with E-state index in [2.05, 4.69) is 10.3 Å². The number of aliphatic hydroxyl groups is 1. The number of rotatable bonds is 8. The quantitative estimate of drug-likeness (QED) is 0.401. The lowest BCUT2D eigenvalue weighted by Gasteiger charge is -2.34. The van der Waals surface area contributed by atoms with E-state index in [1.165, 1.54) is 24.5 Å². The third kappa shape index (κ3) is 7.86. The largest absolute Gasteiger partial charge is 0.488 e. The first-order valence-electron chi connectivity index (χ1n) is 13.7. The number of hydrogen-bond donors (Lipinski definition) is 2. The number of carbonyl (C=O) groups excluding carboxylic acids is 2. The summed E-state index contributed by atoms with van der Waals surface area (Å²) in [5.41, 5.74) is 1.55. The van der Waals surface area contributed by atoms with Gasteiger partial charge >= 0.3 is 6.18 Å². The normalized spacial score (nSPS) is 18.4. The zero-order chi connectivity index (χ0) is 30.4. The Labute approximate surface area is 243 Å². The molecule has 3 atom stereocenters. The average molecular weight is 585 g/mol. The van der Waals surface area contributed by atoms with Gasteiger partial charge in [0, 0.05) is 54.8 Å². The van der Waals surface area contributed by atoms with Gasteiger partial charge in [-0.1, -0.05) is 19.1 Å². The summed E-state index contributed by atoms with van der Waals surface area (Å²) in [6.45, 7) is 4.72. The summed E-state index contributed by atoms with van der Waals surface area (Å²) in [5.74, 6) is -0.136. The van der Waals surface area contributed by atoms with E-state index >= 15 is 0 Å². The predicted molar refractivity (Wildman–Crippen MR) is 152 cm³/mol. The summed E-state index contributed by atoms with van der Waals surface area (Å²) in [6, 6.07) is 13.0. The van der Waals surface area contributed by atoms with E-state index in [1.54, 1.807) is 42.2 Å². The fourth-order valence-electron chi connectivity index (χ4n) is 4.91. The molecule has 0 radical (unpaired) electrons. The number of hydrogen-bond acceptors (Lipinski definition) is 6. The van der Waals surface area contributed by atoms with Crippen LogP contribution in [-0.2, 0) is 23.9 Å². The summed E-state index contributed by atoms with van der Waals surface area (Å²) in [4.78, 5) is 33.7. The molecule has 11 heteroatoms. The third-order valence-corrected chi connectivity index (χ3v) is 7.34. The fraction of sp³-hybridized carbons (Fsp3) is 0.387. The Morgan fingerprint density at radius 1 is 1.17 bits per heavy atom. The average Bonchev–Trinajstić information content (AvgIpc) is 3.00. The van der Waals surface area contributed by atoms with Gasteiger partial charge in [-0.3, -0.25) is 19.5 Å². The number of alkyl halides is 3. The molecule has 2 aromatic carbocycles. The van der Waals surface area contributed by atoms with Crippen LogP contribution in [0.3, 0.4) is 0 Å². The second-order valence-corrected chi connectivity index (χ2v) is 10.8. The van der Waals surface area contributed by atoms with E-state index in [0.29, 0.717) is 42.2 Å². The first kappa shape index (κ1) is 31.0. The maximum Gasteiger partial charge on any atom is 0.416 e. The van der Waals surface area contributed by atoms with Gasteiger partial charge in [0.05, 0.1) is 24.6 Å². The molecule has 0 unspecified atom stereocenters. The Hall–Kier alpha value is -3.96. The SMILES string of the molecule is C[C@@H]1CN([C@@H](C)CO)C(=O)Cc2cc(NC(=O)c3ccncc3)ccc2O[C@@H]1CN(C)Cc1ccc(C(F)(F)F)cc1. The minimum Gasteiger partial charge on any atom is -0.488 e. The number of likely N-dealkylation sites (N-methyl/N-ethyl adjacent to an activating group) is 1. The molecule has 1 aromatic heterocycles. The van der Waals surface area contributed by atoms with Crippen LogP contribution in [0.25, 0.3) is 0 Å². The Kier molecular flexibility index (Phi) is 9.85. The monoisotopic (exact) mass is 584 g/mol. The third-order valence-electron chi connectivity index (χ3n) is 7.34. The molecule has 3 aromatic rings. The van der Waals surface area contributed by atoms with Gasteiger partial charge < -0.3 is 20.1 Å². The summed E-state index contributed by atoms with van der Waals surface area (Å²) in [6.07, 6.45) is -1.72. The van der Waals surface area contributed by atoms with E-state index in [4.69, 9.17) is 4.74 Å². The van der Waals surface area contributed by atoms with Crippen molar-refractivity contribution in [3.8, 4) is 5.75 Å². The molecule has 0 fully saturated rings. The van der Waals surface area contributed by atoms with Gasteiger partial charge in [0.1, 0.15) is 11.9 Å². The van der Waals surface area contributed by atoms with Crippen LogP contribution in [0, 0.1) is 5.92 Å². The van der Waals surface area contributed by atoms with Crippen LogP contribution < -0.4 is 10.1 Å². The number of anilines is 1. The number of carbonyl (C=O) groups is 2. The number of pyridine rings is 1. The molecule has 4 rings (SSSR count). The van der Waals surface area contributed by atoms with Gasteiger partial charge in [-0.2, -0.15) is 13.2 Å². The van der Waals surface area contributed by atoms with Crippen LogP contribution in [0.4, 0.5) is 18.9 Å². The molecule has 0 bridgehead atoms. The zero-order valence-electron chi connectivity index (χ0n) is 23.8. The first-order chi connectivity index (χ1) is 19.9. The molecular formula is C31H35F3N4O4. The van der Waals surface area contributed by atoms with Crippen molar-refractivity contribution in [1.29, 1.82) is 0 Å². The lowest BCUT2D eigenvalue weighted by Crippen LogP contribution is -2.47. The molecule has 8 nitrogen and oxygen atoms in total. The molecule has 2 heterocycles. The molecule has 2 amide bonds. The van der Waals surface area contributed by atoms with Crippen molar-refractivity contribution in [3.63, 3.8) is 0 Å². The minimum atomic E-state index is -4.39. The molecule has 0 saturated heterocycles. The highest BCUT2D eigenvalue weighted by Crippen LogP contribution is 2.31. The highest BCUT2D eigenvalue weighted by molar-refractivity contribution is 6.04. The Bertz CT molecular complexity index is 1370. The molecule has 1 aliphatic heterocycles. The van der Waals surface area contributed by atoms with Gasteiger partial charge in [0.2, 0.25) is 5.91 Å². The van der Waals surface area contributed by atoms with Gasteiger partial charge in [-0.15, -0.1) is 0 Å². The number of aliphatic hydroxyl groups excluding tert-OH is 1. The number of benzene rings is 2. The number of amides is 2. The van der Waals surface area contributed by atoms with Crippen LogP contribution >= 0.6 is 0 Å². The van der Waals surface area contributed by atoms with Crippen molar-refractivity contribution in [1.82, 2.24) is 14.8 Å². The van der Waals surface area contributed by atoms with Crippen molar-refractivity contribution < 1.29 is 32.6 Å². The highest BCUT2D eigenvalue weighted by Gasteiger charge is 2.32. The van der Waals surface area contributed by atoms with E-state index in [9.17, 15) is 27.9 Å². The molecule has 42 heavy (non-hydrogen) atoms. The summed E-state index contributed by atoms with van der Waals surface area (Å²) in [5, 5.41) is 12.7. The number of fused-ring (bicyclic) bond motifs is 1. The lowest BCUT2D eigenvalue weighted by atomic mass is 10.0. The van der Waals surface area contributed by atoms with Crippen molar-refractivity contribution in [3.05, 3.63) is 89.2 Å². The van der Waals surface area contributed by atoms with Crippen LogP contribution in [0.15, 0.2) is 67.0 Å². The van der Waals surface area contributed by atoms with Crippen LogP contribution in [0.5, 0.6) is 5.75 Å². The summed E-state index contributed by atoms with van der Waals surface area (Å²) in [7, 11) is 1.86. The second-order valence-electron chi connectivity index (χ2n) is 10.8. The molecular weight excluding hydrogens is 549 g/mol. The lowest BCUT2D eigenvalue weighted by molar-refractivity contribution is -0.137. The van der Waals surface area contributed by atoms with Crippen molar-refractivity contribution >= 4 is 17.5 Å². The fourth-order valence-corrected chi connectivity index (χ4v) is 4.91. The Morgan fingerprint density at radius 2 is 1.86 bits per heavy atom. The van der Waals surface area contributed by atoms with Gasteiger partial charge in [-0.25, -0.2) is 0 Å². The highest BCUT2D eigenvalue weighted by atomic mass is 19.4. The zero-order valence-corrected chi connectivity index (χ0v) is 23.8. The maximum absolute atomic E-state index is 13.4. The number of nitrogens with zero attached hydrogens (tertiary/aromatic N) is 3. The Morgan fingerprint density at radius 3 is 2.50 bits per heavy atom. The van der Waals surface area contributed by atoms with E-state index in [-0.39, 0.29) is 36.9 Å². The molecule has 0 spiro atoms. The maximum atomic E-state index is 13.4. The van der Waals surface area contributed by atoms with Crippen LogP contribution in [0.2, 0.25) is 0 Å². The van der Waals surface area contributed by atoms with Crippen molar-refractivity contribution in [2.45, 2.75) is 45.1 Å². The minimum absolute atomic E-state index is 0.0134. The molecule has 1 aliphatic rings. The topological polar surface area (TPSA) is 95.0 Å². The van der Waals surface area contributed by atoms with Crippen molar-refractivity contribution in [2.24, 2.45) is 5.92 Å². The smallest absolute Gasteiger partial charge is 0.416 e. The van der Waals surface area contributed by atoms with Gasteiger partial charge in [-0.05, 0) is 62.0 Å². The molecule has 224 valence electrons. The van der Waals surface area contributed by atoms with Gasteiger partial charge in [0.25, 0.3) is 5.91 Å². The van der Waals surface area contributed by atoms with Crippen molar-refractivity contribution in [2.75, 3.05) is 32.1 Å². The number of halogens is 3. The van der Waals surface area contributed by atoms with E-state index in [1.807, 2.05) is 18.9 Å². The first-order valence-corrected chi connectivity index (χ1v) is 13.7. The molecule has 0 saturated carbocycles. The van der Waals surface area contributed by atoms with Gasteiger partial charge in [0.15, 0.2) is 0 Å². The second kappa shape index (κ2) is 13.3. The number of aromatic nitrogens is 1. The van der Waals surface area contributed by atoms with E-state index in [0.717, 1.165) is 17.7 Å². The summed E-state index contributed by atoms with van der Waals surface area (Å²) >= 11 is 0. The predicted octanol–water partition coefficient (Wildman–Crippen LogP) is 4.63. The van der Waals surface area contributed by atoms with Crippen LogP contribution in [-0.4, -0.2) is 70.6 Å². The van der Waals surface area contributed by atoms with Crippen LogP contribution in [0.1, 0.15) is 40.9 Å². The molecule has 2 N–H and O–H groups in total. The summed E-state index contributed by atoms with van der Waals surface area (Å²) < 4.78 is 45.4. The number of nitrogens with one attached hydrogen (secondary N) is 1. The molecule has 0 aliphatic carbocycles. The van der Waals surface area contributed by atoms with E-state index < -0.39 is 17.8 Å². The standard InChI is InChI=1S/C31H35F3N4O4/c1-20-16-38(21(2)19-39)29(40)15-24-14-26(36-30(41)23-10-12-35-13-11-23)8-9-27(24)42-28(20)18-37(3)17-22-4-6-25(7-5-22)31(32,33)34/h4-14,20-21,28,39H,15-19H2,1-3H3,(H,36,41)/t20-,21+,28-/m1/s1. The Balaban J connectivity index is 1.57.